The Morgan fingerprint density at radius 1 is 1.59 bits per heavy atom. The van der Waals surface area contributed by atoms with Crippen molar-refractivity contribution in [3.8, 4) is 0 Å². The molecule has 1 amide bonds. The first-order chi connectivity index (χ1) is 7.83. The SMILES string of the molecule is CS(=O)(=O)CCC(N)C(=O)N1CCC(CO)C1. The van der Waals surface area contributed by atoms with Crippen LogP contribution < -0.4 is 5.73 Å². The van der Waals surface area contributed by atoms with E-state index >= 15 is 0 Å². The van der Waals surface area contributed by atoms with Crippen LogP contribution >= 0.6 is 0 Å². The Labute approximate surface area is 102 Å². The number of nitrogens with two attached hydrogens (primary N) is 1. The Hall–Kier alpha value is -0.660. The predicted octanol–water partition coefficient (Wildman–Crippen LogP) is -1.41. The molecule has 1 aliphatic heterocycles. The molecule has 0 aromatic rings. The van der Waals surface area contributed by atoms with Crippen LogP contribution in [0.4, 0.5) is 0 Å². The lowest BCUT2D eigenvalue weighted by atomic mass is 10.1. The molecule has 0 aromatic heterocycles. The standard InChI is InChI=1S/C10H20N2O4S/c1-17(15,16)5-3-9(11)10(14)12-4-2-8(6-12)7-13/h8-9,13H,2-7,11H2,1H3. The van der Waals surface area contributed by atoms with Crippen molar-refractivity contribution in [3.05, 3.63) is 0 Å². The van der Waals surface area contributed by atoms with Gasteiger partial charge < -0.3 is 15.7 Å². The molecule has 0 radical (unpaired) electrons. The molecule has 100 valence electrons. The lowest BCUT2D eigenvalue weighted by molar-refractivity contribution is -0.131. The van der Waals surface area contributed by atoms with Gasteiger partial charge in [0.2, 0.25) is 5.91 Å². The molecule has 0 aromatic carbocycles. The Kier molecular flexibility index (Phi) is 4.91. The largest absolute Gasteiger partial charge is 0.396 e. The molecule has 1 heterocycles. The van der Waals surface area contributed by atoms with Crippen molar-refractivity contribution in [2.24, 2.45) is 11.7 Å². The summed E-state index contributed by atoms with van der Waals surface area (Å²) < 4.78 is 21.9. The lowest BCUT2D eigenvalue weighted by Crippen LogP contribution is -2.43. The van der Waals surface area contributed by atoms with E-state index < -0.39 is 15.9 Å². The van der Waals surface area contributed by atoms with E-state index in [0.29, 0.717) is 13.1 Å². The molecule has 0 saturated carbocycles. The van der Waals surface area contributed by atoms with E-state index in [2.05, 4.69) is 0 Å². The Morgan fingerprint density at radius 3 is 2.71 bits per heavy atom. The number of aliphatic hydroxyl groups excluding tert-OH is 1. The Balaban J connectivity index is 2.42. The summed E-state index contributed by atoms with van der Waals surface area (Å²) in [5.41, 5.74) is 5.67. The van der Waals surface area contributed by atoms with E-state index in [0.717, 1.165) is 12.7 Å². The van der Waals surface area contributed by atoms with Gasteiger partial charge in [-0.05, 0) is 12.8 Å². The minimum Gasteiger partial charge on any atom is -0.396 e. The molecule has 1 fully saturated rings. The number of likely N-dealkylation sites (tertiary alicyclic amines) is 1. The Bertz CT molecular complexity index is 369. The van der Waals surface area contributed by atoms with Gasteiger partial charge in [-0.3, -0.25) is 4.79 Å². The van der Waals surface area contributed by atoms with Gasteiger partial charge in [-0.15, -0.1) is 0 Å². The second-order valence-corrected chi connectivity index (χ2v) is 6.91. The number of hydrogen-bond donors (Lipinski definition) is 2. The second-order valence-electron chi connectivity index (χ2n) is 4.65. The van der Waals surface area contributed by atoms with Crippen LogP contribution in [0.5, 0.6) is 0 Å². The Morgan fingerprint density at radius 2 is 2.24 bits per heavy atom. The van der Waals surface area contributed by atoms with Gasteiger partial charge in [0.05, 0.1) is 11.8 Å². The highest BCUT2D eigenvalue weighted by Crippen LogP contribution is 2.16. The molecule has 0 bridgehead atoms. The third-order valence-electron chi connectivity index (χ3n) is 2.97. The highest BCUT2D eigenvalue weighted by atomic mass is 32.2. The van der Waals surface area contributed by atoms with Crippen LogP contribution in [-0.4, -0.2) is 62.1 Å². The van der Waals surface area contributed by atoms with Gasteiger partial charge in [0.1, 0.15) is 9.84 Å². The maximum atomic E-state index is 11.8. The van der Waals surface area contributed by atoms with E-state index in [1.54, 1.807) is 4.90 Å². The maximum Gasteiger partial charge on any atom is 0.239 e. The minimum absolute atomic E-state index is 0.0718. The molecule has 1 aliphatic rings. The summed E-state index contributed by atoms with van der Waals surface area (Å²) in [7, 11) is -3.08. The van der Waals surface area contributed by atoms with Crippen molar-refractivity contribution in [2.45, 2.75) is 18.9 Å². The molecule has 0 spiro atoms. The quantitative estimate of drug-likeness (QED) is 0.635. The highest BCUT2D eigenvalue weighted by molar-refractivity contribution is 7.90. The van der Waals surface area contributed by atoms with Crippen molar-refractivity contribution < 1.29 is 18.3 Å². The number of hydrogen-bond acceptors (Lipinski definition) is 5. The lowest BCUT2D eigenvalue weighted by Gasteiger charge is -2.20. The van der Waals surface area contributed by atoms with Crippen molar-refractivity contribution >= 4 is 15.7 Å². The van der Waals surface area contributed by atoms with E-state index in [1.165, 1.54) is 0 Å². The molecule has 6 nitrogen and oxygen atoms in total. The van der Waals surface area contributed by atoms with Gasteiger partial charge in [-0.1, -0.05) is 0 Å². The molecule has 17 heavy (non-hydrogen) atoms. The number of nitrogens with zero attached hydrogens (tertiary/aromatic N) is 1. The number of carbonyl (C=O) groups excluding carboxylic acids is 1. The summed E-state index contributed by atoms with van der Waals surface area (Å²) in [6, 6.07) is -0.762. The zero-order valence-corrected chi connectivity index (χ0v) is 10.8. The fourth-order valence-corrected chi connectivity index (χ4v) is 2.56. The van der Waals surface area contributed by atoms with Gasteiger partial charge in [0.15, 0.2) is 0 Å². The first-order valence-corrected chi connectivity index (χ1v) is 7.72. The molecule has 1 saturated heterocycles. The average molecular weight is 264 g/mol. The van der Waals surface area contributed by atoms with Crippen LogP contribution in [0.15, 0.2) is 0 Å². The highest BCUT2D eigenvalue weighted by Gasteiger charge is 2.29. The number of carbonyl (C=O) groups is 1. The maximum absolute atomic E-state index is 11.8. The van der Waals surface area contributed by atoms with Gasteiger partial charge >= 0.3 is 0 Å². The van der Waals surface area contributed by atoms with Gasteiger partial charge in [0.25, 0.3) is 0 Å². The molecule has 2 unspecified atom stereocenters. The third-order valence-corrected chi connectivity index (χ3v) is 3.95. The predicted molar refractivity (Wildman–Crippen MR) is 64.1 cm³/mol. The zero-order chi connectivity index (χ0) is 13.1. The van der Waals surface area contributed by atoms with Gasteiger partial charge in [-0.25, -0.2) is 8.42 Å². The van der Waals surface area contributed by atoms with Crippen LogP contribution in [0.1, 0.15) is 12.8 Å². The summed E-state index contributed by atoms with van der Waals surface area (Å²) in [5, 5.41) is 8.97. The van der Waals surface area contributed by atoms with Gasteiger partial charge in [0, 0.05) is 31.9 Å². The fourth-order valence-electron chi connectivity index (χ4n) is 1.88. The summed E-state index contributed by atoms with van der Waals surface area (Å²) in [5.74, 6) is -0.164. The van der Waals surface area contributed by atoms with Crippen LogP contribution in [-0.2, 0) is 14.6 Å². The topological polar surface area (TPSA) is 101 Å². The van der Waals surface area contributed by atoms with E-state index in [9.17, 15) is 13.2 Å². The number of aliphatic hydroxyl groups is 1. The third kappa shape index (κ3) is 4.61. The number of rotatable bonds is 5. The average Bonchev–Trinajstić information content (AvgIpc) is 2.72. The second kappa shape index (κ2) is 5.79. The van der Waals surface area contributed by atoms with Crippen molar-refractivity contribution in [1.29, 1.82) is 0 Å². The summed E-state index contributed by atoms with van der Waals surface area (Å²) in [6.07, 6.45) is 2.06. The summed E-state index contributed by atoms with van der Waals surface area (Å²) in [4.78, 5) is 13.5. The van der Waals surface area contributed by atoms with Crippen LogP contribution in [0.3, 0.4) is 0 Å². The van der Waals surface area contributed by atoms with Crippen molar-refractivity contribution in [2.75, 3.05) is 31.7 Å². The van der Waals surface area contributed by atoms with Crippen molar-refractivity contribution in [1.82, 2.24) is 4.90 Å². The zero-order valence-electron chi connectivity index (χ0n) is 10.0. The monoisotopic (exact) mass is 264 g/mol. The number of sulfone groups is 1. The summed E-state index contributed by atoms with van der Waals surface area (Å²) in [6.45, 7) is 1.18. The first-order valence-electron chi connectivity index (χ1n) is 5.66. The van der Waals surface area contributed by atoms with Crippen LogP contribution in [0, 0.1) is 5.92 Å². The molecule has 3 N–H and O–H groups in total. The normalized spacial score (nSPS) is 22.8. The van der Waals surface area contributed by atoms with Crippen molar-refractivity contribution in [3.63, 3.8) is 0 Å². The number of amides is 1. The fraction of sp³-hybridized carbons (Fsp3) is 0.900. The molecular formula is C10H20N2O4S. The van der Waals surface area contributed by atoms with E-state index in [1.807, 2.05) is 0 Å². The minimum atomic E-state index is -3.08. The molecular weight excluding hydrogens is 244 g/mol. The van der Waals surface area contributed by atoms with Crippen LogP contribution in [0.2, 0.25) is 0 Å². The van der Waals surface area contributed by atoms with Crippen LogP contribution in [0.25, 0.3) is 0 Å². The van der Waals surface area contributed by atoms with E-state index in [-0.39, 0.29) is 30.6 Å². The molecule has 0 aliphatic carbocycles. The molecule has 7 heteroatoms. The first kappa shape index (κ1) is 14.4. The summed E-state index contributed by atoms with van der Waals surface area (Å²) >= 11 is 0. The van der Waals surface area contributed by atoms with Gasteiger partial charge in [-0.2, -0.15) is 0 Å². The van der Waals surface area contributed by atoms with E-state index in [4.69, 9.17) is 10.8 Å². The smallest absolute Gasteiger partial charge is 0.239 e. The molecule has 2 atom stereocenters. The molecule has 1 rings (SSSR count).